The van der Waals surface area contributed by atoms with Crippen LogP contribution in [0.5, 0.6) is 5.75 Å². The smallest absolute Gasteiger partial charge is 0.133 e. The Hall–Kier alpha value is -1.41. The van der Waals surface area contributed by atoms with E-state index in [1.54, 1.807) is 11.8 Å². The van der Waals surface area contributed by atoms with Crippen molar-refractivity contribution in [1.29, 1.82) is 0 Å². The first-order chi connectivity index (χ1) is 10.1. The molecule has 112 valence electrons. The number of rotatable bonds is 6. The van der Waals surface area contributed by atoms with Gasteiger partial charge in [0.05, 0.1) is 0 Å². The third-order valence-corrected chi connectivity index (χ3v) is 4.83. The van der Waals surface area contributed by atoms with Gasteiger partial charge in [0.25, 0.3) is 0 Å². The van der Waals surface area contributed by atoms with E-state index in [1.165, 1.54) is 16.0 Å². The van der Waals surface area contributed by atoms with Crippen molar-refractivity contribution in [3.8, 4) is 5.75 Å². The molecule has 0 radical (unpaired) electrons. The molecule has 0 saturated heterocycles. The van der Waals surface area contributed by atoms with Crippen LogP contribution in [0.15, 0.2) is 53.4 Å². The maximum absolute atomic E-state index is 5.99. The normalized spacial score (nSPS) is 11.4. The van der Waals surface area contributed by atoms with Crippen LogP contribution in [0, 0.1) is 0 Å². The molecule has 2 heteroatoms. The number of hydrogen-bond acceptors (Lipinski definition) is 2. The molecule has 2 rings (SSSR count). The maximum Gasteiger partial charge on any atom is 0.133 e. The van der Waals surface area contributed by atoms with Gasteiger partial charge in [-0.15, -0.1) is 11.8 Å². The molecule has 0 amide bonds. The highest BCUT2D eigenvalue weighted by Crippen LogP contribution is 2.35. The second kappa shape index (κ2) is 7.04. The summed E-state index contributed by atoms with van der Waals surface area (Å²) in [5.41, 5.74) is 2.78. The summed E-state index contributed by atoms with van der Waals surface area (Å²) in [5.74, 6) is 0.974. The summed E-state index contributed by atoms with van der Waals surface area (Å²) >= 11 is 1.75. The maximum atomic E-state index is 5.99. The third kappa shape index (κ3) is 4.04. The van der Waals surface area contributed by atoms with Crippen LogP contribution in [0.25, 0.3) is 0 Å². The molecule has 0 aliphatic carbocycles. The molecule has 0 unspecified atom stereocenters. The van der Waals surface area contributed by atoms with Gasteiger partial charge in [-0.2, -0.15) is 0 Å². The molecule has 0 aromatic heterocycles. The van der Waals surface area contributed by atoms with Gasteiger partial charge >= 0.3 is 0 Å². The van der Waals surface area contributed by atoms with Crippen LogP contribution >= 0.6 is 11.8 Å². The van der Waals surface area contributed by atoms with E-state index < -0.39 is 0 Å². The molecular weight excluding hydrogens is 276 g/mol. The minimum atomic E-state index is 0.211. The highest BCUT2D eigenvalue weighted by molar-refractivity contribution is 7.98. The highest BCUT2D eigenvalue weighted by atomic mass is 32.2. The van der Waals surface area contributed by atoms with Crippen molar-refractivity contribution < 1.29 is 4.74 Å². The van der Waals surface area contributed by atoms with Crippen molar-refractivity contribution in [3.63, 3.8) is 0 Å². The lowest BCUT2D eigenvalue weighted by Gasteiger charge is -2.24. The Morgan fingerprint density at radius 3 is 2.38 bits per heavy atom. The summed E-state index contributed by atoms with van der Waals surface area (Å²) in [5, 5.41) is 0. The lowest BCUT2D eigenvalue weighted by molar-refractivity contribution is 0.298. The van der Waals surface area contributed by atoms with Crippen molar-refractivity contribution >= 4 is 11.8 Å². The van der Waals surface area contributed by atoms with Gasteiger partial charge in [-0.3, -0.25) is 0 Å². The Labute approximate surface area is 132 Å². The largest absolute Gasteiger partial charge is 0.488 e. The van der Waals surface area contributed by atoms with Gasteiger partial charge in [0.15, 0.2) is 0 Å². The molecule has 1 nitrogen and oxygen atoms in total. The molecule has 0 heterocycles. The number of thioether (sulfide) groups is 1. The molecular formula is C19H24OS. The fourth-order valence-electron chi connectivity index (χ4n) is 2.15. The van der Waals surface area contributed by atoms with Crippen molar-refractivity contribution in [2.24, 2.45) is 0 Å². The van der Waals surface area contributed by atoms with E-state index in [2.05, 4.69) is 57.4 Å². The van der Waals surface area contributed by atoms with E-state index in [4.69, 9.17) is 4.74 Å². The van der Waals surface area contributed by atoms with Crippen LogP contribution in [0.4, 0.5) is 0 Å². The van der Waals surface area contributed by atoms with Crippen molar-refractivity contribution in [2.75, 3.05) is 6.26 Å². The molecule has 0 spiro atoms. The lowest BCUT2D eigenvalue weighted by atomic mass is 9.82. The molecule has 0 fully saturated rings. The fourth-order valence-corrected chi connectivity index (χ4v) is 2.72. The summed E-state index contributed by atoms with van der Waals surface area (Å²) in [6, 6.07) is 16.9. The van der Waals surface area contributed by atoms with E-state index in [1.807, 2.05) is 18.2 Å². The molecule has 0 aliphatic heterocycles. The van der Waals surface area contributed by atoms with E-state index in [0.717, 1.165) is 12.2 Å². The van der Waals surface area contributed by atoms with Gasteiger partial charge in [-0.1, -0.05) is 57.2 Å². The van der Waals surface area contributed by atoms with Crippen molar-refractivity contribution in [2.45, 2.75) is 44.1 Å². The minimum Gasteiger partial charge on any atom is -0.488 e. The fraction of sp³-hybridized carbons (Fsp3) is 0.368. The summed E-state index contributed by atoms with van der Waals surface area (Å²) in [4.78, 5) is 1.21. The van der Waals surface area contributed by atoms with E-state index in [-0.39, 0.29) is 5.41 Å². The van der Waals surface area contributed by atoms with Gasteiger partial charge < -0.3 is 4.74 Å². The zero-order valence-electron chi connectivity index (χ0n) is 13.3. The SMILES string of the molecule is CCC(C)(C)c1ccc(OCc2ccccc2)c(SC)c1. The molecule has 21 heavy (non-hydrogen) atoms. The molecule has 0 bridgehead atoms. The van der Waals surface area contributed by atoms with Gasteiger partial charge in [-0.25, -0.2) is 0 Å². The van der Waals surface area contributed by atoms with Gasteiger partial charge in [0.2, 0.25) is 0 Å². The predicted octanol–water partition coefficient (Wildman–Crippen LogP) is 5.68. The Balaban J connectivity index is 2.17. The number of hydrogen-bond donors (Lipinski definition) is 0. The monoisotopic (exact) mass is 300 g/mol. The second-order valence-electron chi connectivity index (χ2n) is 5.88. The van der Waals surface area contributed by atoms with Crippen LogP contribution in [0.2, 0.25) is 0 Å². The second-order valence-corrected chi connectivity index (χ2v) is 6.73. The van der Waals surface area contributed by atoms with E-state index in [9.17, 15) is 0 Å². The third-order valence-electron chi connectivity index (χ3n) is 4.07. The van der Waals surface area contributed by atoms with Crippen LogP contribution in [-0.2, 0) is 12.0 Å². The lowest BCUT2D eigenvalue weighted by Crippen LogP contribution is -2.15. The average molecular weight is 300 g/mol. The average Bonchev–Trinajstić information content (AvgIpc) is 2.53. The van der Waals surface area contributed by atoms with Crippen LogP contribution < -0.4 is 4.74 Å². The molecule has 2 aromatic rings. The molecule has 0 atom stereocenters. The number of ether oxygens (including phenoxy) is 1. The van der Waals surface area contributed by atoms with Crippen molar-refractivity contribution in [3.05, 3.63) is 59.7 Å². The Bertz CT molecular complexity index is 575. The Kier molecular flexibility index (Phi) is 5.35. The Morgan fingerprint density at radius 2 is 1.76 bits per heavy atom. The van der Waals surface area contributed by atoms with Crippen molar-refractivity contribution in [1.82, 2.24) is 0 Å². The predicted molar refractivity (Wildman–Crippen MR) is 92.3 cm³/mol. The summed E-state index contributed by atoms with van der Waals surface area (Å²) in [6.07, 6.45) is 3.23. The van der Waals surface area contributed by atoms with E-state index in [0.29, 0.717) is 6.61 Å². The molecule has 0 N–H and O–H groups in total. The summed E-state index contributed by atoms with van der Waals surface area (Å²) < 4.78 is 5.99. The van der Waals surface area contributed by atoms with Crippen LogP contribution in [0.1, 0.15) is 38.3 Å². The molecule has 0 saturated carbocycles. The van der Waals surface area contributed by atoms with E-state index >= 15 is 0 Å². The summed E-state index contributed by atoms with van der Waals surface area (Å²) in [6.45, 7) is 7.43. The highest BCUT2D eigenvalue weighted by Gasteiger charge is 2.19. The van der Waals surface area contributed by atoms with Crippen LogP contribution in [-0.4, -0.2) is 6.26 Å². The minimum absolute atomic E-state index is 0.211. The van der Waals surface area contributed by atoms with Crippen LogP contribution in [0.3, 0.4) is 0 Å². The quantitative estimate of drug-likeness (QED) is 0.635. The first-order valence-corrected chi connectivity index (χ1v) is 8.64. The molecule has 2 aromatic carbocycles. The van der Waals surface area contributed by atoms with Gasteiger partial charge in [0, 0.05) is 4.90 Å². The van der Waals surface area contributed by atoms with Gasteiger partial charge in [0.1, 0.15) is 12.4 Å². The Morgan fingerprint density at radius 1 is 1.05 bits per heavy atom. The standard InChI is InChI=1S/C19H24OS/c1-5-19(2,3)16-11-12-17(18(13-16)21-4)20-14-15-9-7-6-8-10-15/h6-13H,5,14H2,1-4H3. The first-order valence-electron chi connectivity index (χ1n) is 7.42. The zero-order valence-corrected chi connectivity index (χ0v) is 14.2. The topological polar surface area (TPSA) is 9.23 Å². The zero-order chi connectivity index (χ0) is 15.3. The van der Waals surface area contributed by atoms with Gasteiger partial charge in [-0.05, 0) is 41.4 Å². The summed E-state index contributed by atoms with van der Waals surface area (Å²) in [7, 11) is 0. The molecule has 0 aliphatic rings. The first kappa shape index (κ1) is 16.0. The number of benzene rings is 2.